The number of nitrogens with zero attached hydrogens (tertiary/aromatic N) is 1. The van der Waals surface area contributed by atoms with E-state index >= 15 is 0 Å². The Hall–Kier alpha value is -2.55. The summed E-state index contributed by atoms with van der Waals surface area (Å²) in [6.07, 6.45) is 0. The van der Waals surface area contributed by atoms with Crippen molar-refractivity contribution in [2.45, 2.75) is 10.8 Å². The van der Waals surface area contributed by atoms with Gasteiger partial charge in [0.15, 0.2) is 6.61 Å². The second-order valence-corrected chi connectivity index (χ2v) is 9.61. The Morgan fingerprint density at radius 3 is 2.48 bits per heavy atom. The smallest absolute Gasteiger partial charge is 0.273 e. The van der Waals surface area contributed by atoms with Gasteiger partial charge in [-0.3, -0.25) is 9.10 Å². The average Bonchev–Trinajstić information content (AvgIpc) is 3.27. The summed E-state index contributed by atoms with van der Waals surface area (Å²) in [6, 6.07) is 17.0. The molecule has 9 heteroatoms. The minimum Gasteiger partial charge on any atom is -0.484 e. The minimum absolute atomic E-state index is 0.160. The molecule has 3 aromatic rings. The summed E-state index contributed by atoms with van der Waals surface area (Å²) in [7, 11) is -2.10. The van der Waals surface area contributed by atoms with Gasteiger partial charge in [0.25, 0.3) is 15.9 Å². The number of hydrogen-bond acceptors (Lipinski definition) is 5. The number of sulfonamides is 1. The zero-order chi connectivity index (χ0) is 20.9. The Labute approximate surface area is 178 Å². The quantitative estimate of drug-likeness (QED) is 0.564. The SMILES string of the molecule is CN(c1ccc(OCC(=O)NCc2ccccc2Cl)cc1)S(=O)(=O)c1cccs1. The molecule has 0 radical (unpaired) electrons. The highest BCUT2D eigenvalue weighted by Gasteiger charge is 2.22. The second-order valence-electron chi connectivity index (χ2n) is 6.06. The maximum atomic E-state index is 12.5. The lowest BCUT2D eigenvalue weighted by Crippen LogP contribution is -2.28. The lowest BCUT2D eigenvalue weighted by molar-refractivity contribution is -0.123. The number of anilines is 1. The van der Waals surface area contributed by atoms with Crippen molar-refractivity contribution in [3.05, 3.63) is 76.6 Å². The van der Waals surface area contributed by atoms with Gasteiger partial charge in [-0.1, -0.05) is 35.9 Å². The third kappa shape index (κ3) is 5.29. The fourth-order valence-electron chi connectivity index (χ4n) is 2.47. The van der Waals surface area contributed by atoms with Gasteiger partial charge in [-0.2, -0.15) is 0 Å². The Morgan fingerprint density at radius 1 is 1.10 bits per heavy atom. The van der Waals surface area contributed by atoms with Gasteiger partial charge in [0.2, 0.25) is 0 Å². The monoisotopic (exact) mass is 450 g/mol. The van der Waals surface area contributed by atoms with Crippen LogP contribution < -0.4 is 14.4 Å². The number of benzene rings is 2. The fourth-order valence-corrected chi connectivity index (χ4v) is 5.03. The number of ether oxygens (including phenoxy) is 1. The highest BCUT2D eigenvalue weighted by Crippen LogP contribution is 2.26. The molecule has 0 fully saturated rings. The summed E-state index contributed by atoms with van der Waals surface area (Å²) < 4.78 is 32.0. The van der Waals surface area contributed by atoms with E-state index < -0.39 is 10.0 Å². The Morgan fingerprint density at radius 2 is 1.83 bits per heavy atom. The molecule has 0 spiro atoms. The number of halogens is 1. The van der Waals surface area contributed by atoms with Gasteiger partial charge >= 0.3 is 0 Å². The molecule has 1 heterocycles. The summed E-state index contributed by atoms with van der Waals surface area (Å²) in [4.78, 5) is 12.0. The van der Waals surface area contributed by atoms with E-state index in [9.17, 15) is 13.2 Å². The molecule has 0 aliphatic heterocycles. The first-order chi connectivity index (χ1) is 13.9. The van der Waals surface area contributed by atoms with Crippen LogP contribution >= 0.6 is 22.9 Å². The van der Waals surface area contributed by atoms with Gasteiger partial charge in [-0.25, -0.2) is 8.42 Å². The van der Waals surface area contributed by atoms with E-state index in [-0.39, 0.29) is 16.7 Å². The Bertz CT molecular complexity index is 1070. The molecule has 1 N–H and O–H groups in total. The van der Waals surface area contributed by atoms with E-state index in [1.165, 1.54) is 11.4 Å². The van der Waals surface area contributed by atoms with Crippen LogP contribution in [0.25, 0.3) is 0 Å². The van der Waals surface area contributed by atoms with Crippen molar-refractivity contribution >= 4 is 44.6 Å². The molecule has 29 heavy (non-hydrogen) atoms. The van der Waals surface area contributed by atoms with Gasteiger partial charge < -0.3 is 10.1 Å². The molecule has 0 aliphatic rings. The number of thiophene rings is 1. The van der Waals surface area contributed by atoms with Crippen LogP contribution in [0.5, 0.6) is 5.75 Å². The van der Waals surface area contributed by atoms with Crippen molar-refractivity contribution in [3.63, 3.8) is 0 Å². The normalized spacial score (nSPS) is 11.1. The first-order valence-corrected chi connectivity index (χ1v) is 11.3. The standard InChI is InChI=1S/C20H19ClN2O4S2/c1-23(29(25,26)20-7-4-12-28-20)16-8-10-17(11-9-16)27-14-19(24)22-13-15-5-2-3-6-18(15)21/h2-12H,13-14H2,1H3,(H,22,24). The van der Waals surface area contributed by atoms with Crippen molar-refractivity contribution in [1.82, 2.24) is 5.32 Å². The van der Waals surface area contributed by atoms with Crippen LogP contribution in [0.2, 0.25) is 5.02 Å². The van der Waals surface area contributed by atoms with E-state index in [1.807, 2.05) is 18.2 Å². The summed E-state index contributed by atoms with van der Waals surface area (Å²) in [5.41, 5.74) is 1.32. The van der Waals surface area contributed by atoms with Crippen LogP contribution in [0.3, 0.4) is 0 Å². The largest absolute Gasteiger partial charge is 0.484 e. The van der Waals surface area contributed by atoms with E-state index in [4.69, 9.17) is 16.3 Å². The van der Waals surface area contributed by atoms with Gasteiger partial charge in [0, 0.05) is 18.6 Å². The highest BCUT2D eigenvalue weighted by molar-refractivity contribution is 7.94. The maximum Gasteiger partial charge on any atom is 0.273 e. The predicted octanol–water partition coefficient (Wildman–Crippen LogP) is 3.92. The van der Waals surface area contributed by atoms with E-state index in [0.717, 1.165) is 16.9 Å². The maximum absolute atomic E-state index is 12.5. The van der Waals surface area contributed by atoms with Gasteiger partial charge in [-0.05, 0) is 47.3 Å². The third-order valence-corrected chi connectivity index (χ3v) is 7.64. The molecular weight excluding hydrogens is 432 g/mol. The number of amides is 1. The van der Waals surface area contributed by atoms with Crippen LogP contribution in [-0.2, 0) is 21.4 Å². The Kier molecular flexibility index (Phi) is 6.79. The molecule has 0 atom stereocenters. The Balaban J connectivity index is 1.54. The zero-order valence-electron chi connectivity index (χ0n) is 15.5. The van der Waals surface area contributed by atoms with Crippen LogP contribution in [0.4, 0.5) is 5.69 Å². The molecule has 152 valence electrons. The molecule has 6 nitrogen and oxygen atoms in total. The van der Waals surface area contributed by atoms with Gasteiger partial charge in [-0.15, -0.1) is 11.3 Å². The van der Waals surface area contributed by atoms with Crippen LogP contribution in [-0.4, -0.2) is 28.0 Å². The molecule has 1 aromatic heterocycles. The molecule has 1 amide bonds. The summed E-state index contributed by atoms with van der Waals surface area (Å²) in [5.74, 6) is 0.176. The summed E-state index contributed by atoms with van der Waals surface area (Å²) in [5, 5.41) is 5.05. The molecule has 0 aliphatic carbocycles. The average molecular weight is 451 g/mol. The van der Waals surface area contributed by atoms with Crippen LogP contribution in [0, 0.1) is 0 Å². The number of carbonyl (C=O) groups excluding carboxylic acids is 1. The molecule has 0 unspecified atom stereocenters. The van der Waals surface area contributed by atoms with Gasteiger partial charge in [0.05, 0.1) is 5.69 Å². The van der Waals surface area contributed by atoms with Crippen molar-refractivity contribution in [3.8, 4) is 5.75 Å². The van der Waals surface area contributed by atoms with E-state index in [0.29, 0.717) is 23.0 Å². The number of carbonyl (C=O) groups is 1. The zero-order valence-corrected chi connectivity index (χ0v) is 17.9. The highest BCUT2D eigenvalue weighted by atomic mass is 35.5. The first-order valence-electron chi connectivity index (χ1n) is 8.63. The van der Waals surface area contributed by atoms with Crippen LogP contribution in [0.1, 0.15) is 5.56 Å². The number of rotatable bonds is 8. The lowest BCUT2D eigenvalue weighted by Gasteiger charge is -2.18. The molecule has 3 rings (SSSR count). The van der Waals surface area contributed by atoms with E-state index in [1.54, 1.807) is 47.8 Å². The van der Waals surface area contributed by atoms with Gasteiger partial charge in [0.1, 0.15) is 9.96 Å². The minimum atomic E-state index is -3.59. The van der Waals surface area contributed by atoms with Crippen molar-refractivity contribution in [1.29, 1.82) is 0 Å². The molecule has 0 bridgehead atoms. The number of nitrogens with one attached hydrogen (secondary N) is 1. The number of hydrogen-bond donors (Lipinski definition) is 1. The molecule has 0 saturated heterocycles. The molecule has 0 saturated carbocycles. The van der Waals surface area contributed by atoms with Crippen molar-refractivity contribution in [2.24, 2.45) is 0 Å². The van der Waals surface area contributed by atoms with Crippen molar-refractivity contribution < 1.29 is 17.9 Å². The lowest BCUT2D eigenvalue weighted by atomic mass is 10.2. The van der Waals surface area contributed by atoms with Crippen LogP contribution in [0.15, 0.2) is 70.3 Å². The fraction of sp³-hybridized carbons (Fsp3) is 0.150. The first kappa shape index (κ1) is 21.2. The summed E-state index contributed by atoms with van der Waals surface area (Å²) in [6.45, 7) is 0.152. The molecular formula is C20H19ClN2O4S2. The predicted molar refractivity (Wildman–Crippen MR) is 115 cm³/mol. The topological polar surface area (TPSA) is 75.7 Å². The molecule has 2 aromatic carbocycles. The third-order valence-electron chi connectivity index (χ3n) is 4.11. The van der Waals surface area contributed by atoms with Crippen molar-refractivity contribution in [2.75, 3.05) is 18.0 Å². The second kappa shape index (κ2) is 9.30. The summed E-state index contributed by atoms with van der Waals surface area (Å²) >= 11 is 7.22. The van der Waals surface area contributed by atoms with E-state index in [2.05, 4.69) is 5.32 Å².